The first-order valence-corrected chi connectivity index (χ1v) is 9.55. The highest BCUT2D eigenvalue weighted by Crippen LogP contribution is 2.30. The molecular weight excluding hydrogens is 382 g/mol. The van der Waals surface area contributed by atoms with Crippen molar-refractivity contribution < 1.29 is 18.3 Å². The summed E-state index contributed by atoms with van der Waals surface area (Å²) < 4.78 is 32.5. The molecule has 7 heteroatoms. The van der Waals surface area contributed by atoms with Crippen LogP contribution in [0, 0.1) is 11.6 Å². The average Bonchev–Trinajstić information content (AvgIpc) is 3.14. The Morgan fingerprint density at radius 2 is 1.75 bits per heavy atom. The van der Waals surface area contributed by atoms with Crippen LogP contribution in [0.1, 0.15) is 26.5 Å². The van der Waals surface area contributed by atoms with Crippen LogP contribution in [0.4, 0.5) is 14.5 Å². The number of para-hydroxylation sites is 1. The van der Waals surface area contributed by atoms with Gasteiger partial charge in [0.1, 0.15) is 28.1 Å². The normalized spacial score (nSPS) is 11.3. The van der Waals surface area contributed by atoms with Gasteiger partial charge in [0.25, 0.3) is 5.91 Å². The van der Waals surface area contributed by atoms with Gasteiger partial charge in [0, 0.05) is 16.4 Å². The summed E-state index contributed by atoms with van der Waals surface area (Å²) in [6.07, 6.45) is 0. The van der Waals surface area contributed by atoms with E-state index in [1.165, 1.54) is 6.07 Å². The van der Waals surface area contributed by atoms with E-state index in [0.29, 0.717) is 5.75 Å². The largest absolute Gasteiger partial charge is 0.484 e. The van der Waals surface area contributed by atoms with Crippen molar-refractivity contribution in [3.63, 3.8) is 0 Å². The summed E-state index contributed by atoms with van der Waals surface area (Å²) in [5.74, 6) is -1.85. The summed E-state index contributed by atoms with van der Waals surface area (Å²) in [5.41, 5.74) is 1.49. The fourth-order valence-electron chi connectivity index (χ4n) is 2.39. The van der Waals surface area contributed by atoms with Gasteiger partial charge in [-0.05, 0) is 36.4 Å². The van der Waals surface area contributed by atoms with Crippen molar-refractivity contribution in [3.8, 4) is 16.3 Å². The maximum Gasteiger partial charge on any atom is 0.262 e. The van der Waals surface area contributed by atoms with E-state index in [4.69, 9.17) is 4.74 Å². The Balaban J connectivity index is 1.60. The average molecular weight is 402 g/mol. The van der Waals surface area contributed by atoms with E-state index in [9.17, 15) is 13.6 Å². The molecule has 0 fully saturated rings. The number of nitrogens with one attached hydrogen (secondary N) is 1. The lowest BCUT2D eigenvalue weighted by atomic mass is 9.93. The Bertz CT molecular complexity index is 959. The molecule has 3 aromatic rings. The van der Waals surface area contributed by atoms with Crippen LogP contribution >= 0.6 is 11.3 Å². The Labute approximate surface area is 166 Å². The van der Waals surface area contributed by atoms with Gasteiger partial charge in [0.15, 0.2) is 6.61 Å². The summed E-state index contributed by atoms with van der Waals surface area (Å²) >= 11 is 1.57. The van der Waals surface area contributed by atoms with Gasteiger partial charge in [0.05, 0.1) is 5.69 Å². The molecule has 1 amide bonds. The lowest BCUT2D eigenvalue weighted by Crippen LogP contribution is -2.21. The highest BCUT2D eigenvalue weighted by atomic mass is 32.1. The number of amides is 1. The standard InChI is InChI=1S/C21H20F2N2O2S/c1-21(2,3)17-12-28-20(24-17)13-7-9-14(10-8-13)27-11-18(26)25-19-15(22)5-4-6-16(19)23/h4-10,12H,11H2,1-3H3,(H,25,26). The summed E-state index contributed by atoms with van der Waals surface area (Å²) in [6.45, 7) is 5.97. The molecule has 0 aliphatic carbocycles. The van der Waals surface area contributed by atoms with E-state index >= 15 is 0 Å². The number of hydrogen-bond donors (Lipinski definition) is 1. The smallest absolute Gasteiger partial charge is 0.262 e. The van der Waals surface area contributed by atoms with Gasteiger partial charge in [-0.3, -0.25) is 4.79 Å². The number of carbonyl (C=O) groups is 1. The van der Waals surface area contributed by atoms with Crippen LogP contribution in [0.5, 0.6) is 5.75 Å². The summed E-state index contributed by atoms with van der Waals surface area (Å²) in [7, 11) is 0. The maximum absolute atomic E-state index is 13.6. The molecule has 0 aliphatic heterocycles. The van der Waals surface area contributed by atoms with Crippen molar-refractivity contribution in [3.05, 3.63) is 65.2 Å². The van der Waals surface area contributed by atoms with E-state index in [-0.39, 0.29) is 12.0 Å². The molecule has 0 unspecified atom stereocenters. The molecule has 0 radical (unpaired) electrons. The van der Waals surface area contributed by atoms with Gasteiger partial charge >= 0.3 is 0 Å². The van der Waals surface area contributed by atoms with E-state index in [1.54, 1.807) is 23.5 Å². The van der Waals surface area contributed by atoms with Crippen molar-refractivity contribution in [2.75, 3.05) is 11.9 Å². The maximum atomic E-state index is 13.6. The highest BCUT2D eigenvalue weighted by molar-refractivity contribution is 7.13. The van der Waals surface area contributed by atoms with Gasteiger partial charge in [0.2, 0.25) is 0 Å². The highest BCUT2D eigenvalue weighted by Gasteiger charge is 2.18. The molecule has 0 aliphatic rings. The molecule has 0 atom stereocenters. The van der Waals surface area contributed by atoms with Gasteiger partial charge in [-0.15, -0.1) is 11.3 Å². The van der Waals surface area contributed by atoms with Gasteiger partial charge in [-0.25, -0.2) is 13.8 Å². The predicted octanol–water partition coefficient (Wildman–Crippen LogP) is 5.40. The molecule has 0 saturated carbocycles. The second-order valence-corrected chi connectivity index (χ2v) is 8.10. The fraction of sp³-hybridized carbons (Fsp3) is 0.238. The third kappa shape index (κ3) is 4.72. The Morgan fingerprint density at radius 3 is 2.32 bits per heavy atom. The number of anilines is 1. The zero-order valence-electron chi connectivity index (χ0n) is 15.8. The molecule has 4 nitrogen and oxygen atoms in total. The monoisotopic (exact) mass is 402 g/mol. The predicted molar refractivity (Wildman–Crippen MR) is 107 cm³/mol. The van der Waals surface area contributed by atoms with Crippen LogP contribution in [0.3, 0.4) is 0 Å². The molecule has 146 valence electrons. The minimum Gasteiger partial charge on any atom is -0.484 e. The zero-order valence-corrected chi connectivity index (χ0v) is 16.6. The number of aromatic nitrogens is 1. The molecule has 1 heterocycles. The van der Waals surface area contributed by atoms with Crippen molar-refractivity contribution in [2.45, 2.75) is 26.2 Å². The van der Waals surface area contributed by atoms with Gasteiger partial charge < -0.3 is 10.1 Å². The first-order valence-electron chi connectivity index (χ1n) is 8.67. The fourth-order valence-corrected chi connectivity index (χ4v) is 3.44. The molecule has 28 heavy (non-hydrogen) atoms. The summed E-state index contributed by atoms with van der Waals surface area (Å²) in [5, 5.41) is 5.13. The molecule has 0 spiro atoms. The quantitative estimate of drug-likeness (QED) is 0.621. The number of benzene rings is 2. The number of rotatable bonds is 5. The van der Waals surface area contributed by atoms with Crippen molar-refractivity contribution in [1.82, 2.24) is 4.98 Å². The van der Waals surface area contributed by atoms with Crippen LogP contribution in [-0.4, -0.2) is 17.5 Å². The lowest BCUT2D eigenvalue weighted by Gasteiger charge is -2.14. The Hall–Kier alpha value is -2.80. The number of nitrogens with zero attached hydrogens (tertiary/aromatic N) is 1. The first-order chi connectivity index (χ1) is 13.2. The van der Waals surface area contributed by atoms with Crippen LogP contribution in [0.2, 0.25) is 0 Å². The number of thiazole rings is 1. The van der Waals surface area contributed by atoms with E-state index in [2.05, 4.69) is 31.1 Å². The molecule has 1 N–H and O–H groups in total. The van der Waals surface area contributed by atoms with Crippen LogP contribution < -0.4 is 10.1 Å². The van der Waals surface area contributed by atoms with Crippen LogP contribution in [-0.2, 0) is 10.2 Å². The minimum atomic E-state index is -0.837. The summed E-state index contributed by atoms with van der Waals surface area (Å²) in [6, 6.07) is 10.5. The number of ether oxygens (including phenoxy) is 1. The topological polar surface area (TPSA) is 51.2 Å². The molecule has 3 rings (SSSR count). The van der Waals surface area contributed by atoms with Crippen LogP contribution in [0.15, 0.2) is 47.8 Å². The second-order valence-electron chi connectivity index (χ2n) is 7.25. The zero-order chi connectivity index (χ0) is 20.3. The SMILES string of the molecule is CC(C)(C)c1csc(-c2ccc(OCC(=O)Nc3c(F)cccc3F)cc2)n1. The van der Waals surface area contributed by atoms with Crippen molar-refractivity contribution in [2.24, 2.45) is 0 Å². The number of carbonyl (C=O) groups excluding carboxylic acids is 1. The minimum absolute atomic E-state index is 0.0110. The molecule has 0 bridgehead atoms. The second kappa shape index (κ2) is 8.06. The van der Waals surface area contributed by atoms with E-state index < -0.39 is 23.2 Å². The molecule has 0 saturated heterocycles. The van der Waals surface area contributed by atoms with Crippen LogP contribution in [0.25, 0.3) is 10.6 Å². The lowest BCUT2D eigenvalue weighted by molar-refractivity contribution is -0.118. The van der Waals surface area contributed by atoms with Crippen molar-refractivity contribution in [1.29, 1.82) is 0 Å². The van der Waals surface area contributed by atoms with E-state index in [0.717, 1.165) is 28.4 Å². The Morgan fingerprint density at radius 1 is 1.11 bits per heavy atom. The molecule has 2 aromatic carbocycles. The molecular formula is C21H20F2N2O2S. The van der Waals surface area contributed by atoms with Crippen molar-refractivity contribution >= 4 is 22.9 Å². The number of halogens is 2. The Kier molecular flexibility index (Phi) is 5.74. The first kappa shape index (κ1) is 19.9. The van der Waals surface area contributed by atoms with E-state index in [1.807, 2.05) is 17.5 Å². The number of hydrogen-bond acceptors (Lipinski definition) is 4. The molecule has 1 aromatic heterocycles. The van der Waals surface area contributed by atoms with Gasteiger partial charge in [-0.1, -0.05) is 26.8 Å². The summed E-state index contributed by atoms with van der Waals surface area (Å²) in [4.78, 5) is 16.6. The third-order valence-electron chi connectivity index (χ3n) is 3.97. The third-order valence-corrected chi connectivity index (χ3v) is 4.86. The van der Waals surface area contributed by atoms with Gasteiger partial charge in [-0.2, -0.15) is 0 Å².